The first-order chi connectivity index (χ1) is 6.14. The highest BCUT2D eigenvalue weighted by Gasteiger charge is 2.20. The molecule has 0 saturated heterocycles. The second kappa shape index (κ2) is 4.49. The van der Waals surface area contributed by atoms with Crippen molar-refractivity contribution in [2.24, 2.45) is 0 Å². The lowest BCUT2D eigenvalue weighted by Crippen LogP contribution is -2.30. The highest BCUT2D eigenvalue weighted by Crippen LogP contribution is 2.21. The average molecular weight is 200 g/mol. The Balaban J connectivity index is 2.58. The molecular formula is C10H14ClNO. The van der Waals surface area contributed by atoms with Gasteiger partial charge in [0.1, 0.15) is 0 Å². The summed E-state index contributed by atoms with van der Waals surface area (Å²) in [6, 6.07) is 9.42. The number of hydrogen-bond donors (Lipinski definition) is 2. The summed E-state index contributed by atoms with van der Waals surface area (Å²) in [7, 11) is 0. The van der Waals surface area contributed by atoms with Gasteiger partial charge in [0.05, 0.1) is 0 Å². The summed E-state index contributed by atoms with van der Waals surface area (Å²) < 4.78 is 0. The number of rotatable bonds is 4. The average Bonchev–Trinajstić information content (AvgIpc) is 2.04. The number of para-hydroxylation sites is 1. The minimum absolute atomic E-state index is 0.517. The molecule has 0 aliphatic heterocycles. The SMILES string of the molecule is CCCC(O)(Cl)Nc1ccccc1. The molecule has 3 heteroatoms. The van der Waals surface area contributed by atoms with Gasteiger partial charge < -0.3 is 10.4 Å². The van der Waals surface area contributed by atoms with Gasteiger partial charge in [0.25, 0.3) is 0 Å². The molecule has 1 unspecified atom stereocenters. The molecule has 72 valence electrons. The van der Waals surface area contributed by atoms with Crippen LogP contribution < -0.4 is 5.32 Å². The number of aliphatic hydroxyl groups is 1. The molecule has 1 atom stereocenters. The molecule has 13 heavy (non-hydrogen) atoms. The second-order valence-electron chi connectivity index (χ2n) is 3.00. The zero-order chi connectivity index (χ0) is 9.73. The summed E-state index contributed by atoms with van der Waals surface area (Å²) in [6.07, 6.45) is 1.35. The summed E-state index contributed by atoms with van der Waals surface area (Å²) in [4.78, 5) is 0. The molecule has 0 bridgehead atoms. The summed E-state index contributed by atoms with van der Waals surface area (Å²) in [6.45, 7) is 1.97. The zero-order valence-corrected chi connectivity index (χ0v) is 8.38. The molecule has 0 heterocycles. The van der Waals surface area contributed by atoms with Gasteiger partial charge in [-0.2, -0.15) is 0 Å². The van der Waals surface area contributed by atoms with Crippen LogP contribution in [0.4, 0.5) is 5.69 Å². The minimum atomic E-state index is -1.32. The Labute approximate surface area is 83.5 Å². The van der Waals surface area contributed by atoms with Crippen molar-refractivity contribution >= 4 is 17.3 Å². The Bertz CT molecular complexity index is 248. The highest BCUT2D eigenvalue weighted by molar-refractivity contribution is 6.23. The normalized spacial score (nSPS) is 15.0. The Hall–Kier alpha value is -0.730. The lowest BCUT2D eigenvalue weighted by atomic mass is 10.2. The first-order valence-electron chi connectivity index (χ1n) is 4.38. The van der Waals surface area contributed by atoms with Crippen LogP contribution in [-0.4, -0.2) is 10.3 Å². The van der Waals surface area contributed by atoms with E-state index in [1.54, 1.807) is 0 Å². The summed E-state index contributed by atoms with van der Waals surface area (Å²) in [5.41, 5.74) is 0.827. The number of anilines is 1. The van der Waals surface area contributed by atoms with Gasteiger partial charge in [-0.05, 0) is 12.1 Å². The van der Waals surface area contributed by atoms with Crippen molar-refractivity contribution in [1.82, 2.24) is 0 Å². The molecule has 2 nitrogen and oxygen atoms in total. The summed E-state index contributed by atoms with van der Waals surface area (Å²) >= 11 is 5.82. The largest absolute Gasteiger partial charge is 0.358 e. The van der Waals surface area contributed by atoms with E-state index in [0.717, 1.165) is 12.1 Å². The van der Waals surface area contributed by atoms with Crippen LogP contribution in [-0.2, 0) is 0 Å². The predicted octanol–water partition coefficient (Wildman–Crippen LogP) is 2.78. The zero-order valence-electron chi connectivity index (χ0n) is 7.63. The molecular weight excluding hydrogens is 186 g/mol. The van der Waals surface area contributed by atoms with Crippen molar-refractivity contribution in [3.63, 3.8) is 0 Å². The fraction of sp³-hybridized carbons (Fsp3) is 0.400. The Morgan fingerprint density at radius 1 is 1.38 bits per heavy atom. The van der Waals surface area contributed by atoms with Gasteiger partial charge in [0.15, 0.2) is 0 Å². The maximum Gasteiger partial charge on any atom is 0.214 e. The Morgan fingerprint density at radius 3 is 2.54 bits per heavy atom. The molecule has 0 aliphatic carbocycles. The van der Waals surface area contributed by atoms with E-state index in [2.05, 4.69) is 5.32 Å². The molecule has 0 aliphatic rings. The lowest BCUT2D eigenvalue weighted by molar-refractivity contribution is 0.147. The van der Waals surface area contributed by atoms with Gasteiger partial charge in [-0.1, -0.05) is 43.1 Å². The quantitative estimate of drug-likeness (QED) is 0.444. The monoisotopic (exact) mass is 199 g/mol. The molecule has 1 aromatic carbocycles. The third kappa shape index (κ3) is 3.66. The van der Waals surface area contributed by atoms with E-state index >= 15 is 0 Å². The molecule has 0 spiro atoms. The molecule has 0 aromatic heterocycles. The number of hydrogen-bond acceptors (Lipinski definition) is 2. The van der Waals surface area contributed by atoms with E-state index in [1.807, 2.05) is 37.3 Å². The summed E-state index contributed by atoms with van der Waals surface area (Å²) in [5.74, 6) is 0. The molecule has 0 amide bonds. The lowest BCUT2D eigenvalue weighted by Gasteiger charge is -2.22. The van der Waals surface area contributed by atoms with Gasteiger partial charge >= 0.3 is 0 Å². The van der Waals surface area contributed by atoms with E-state index in [9.17, 15) is 5.11 Å². The number of halogens is 1. The fourth-order valence-electron chi connectivity index (χ4n) is 1.14. The van der Waals surface area contributed by atoms with Crippen molar-refractivity contribution in [3.05, 3.63) is 30.3 Å². The van der Waals surface area contributed by atoms with E-state index in [-0.39, 0.29) is 0 Å². The van der Waals surface area contributed by atoms with Crippen LogP contribution in [0.15, 0.2) is 30.3 Å². The van der Waals surface area contributed by atoms with Crippen molar-refractivity contribution in [2.45, 2.75) is 24.9 Å². The van der Waals surface area contributed by atoms with Crippen LogP contribution >= 0.6 is 11.6 Å². The van der Waals surface area contributed by atoms with E-state index < -0.39 is 5.18 Å². The molecule has 1 aromatic rings. The molecule has 2 N–H and O–H groups in total. The van der Waals surface area contributed by atoms with Crippen LogP contribution in [0, 0.1) is 0 Å². The third-order valence-electron chi connectivity index (χ3n) is 1.69. The van der Waals surface area contributed by atoms with Crippen molar-refractivity contribution in [3.8, 4) is 0 Å². The van der Waals surface area contributed by atoms with E-state index in [4.69, 9.17) is 11.6 Å². The fourth-order valence-corrected chi connectivity index (χ4v) is 1.43. The van der Waals surface area contributed by atoms with E-state index in [1.165, 1.54) is 0 Å². The van der Waals surface area contributed by atoms with E-state index in [0.29, 0.717) is 6.42 Å². The highest BCUT2D eigenvalue weighted by atomic mass is 35.5. The van der Waals surface area contributed by atoms with Crippen LogP contribution in [0.25, 0.3) is 0 Å². The van der Waals surface area contributed by atoms with Crippen molar-refractivity contribution in [1.29, 1.82) is 0 Å². The third-order valence-corrected chi connectivity index (χ3v) is 1.97. The van der Waals surface area contributed by atoms with Gasteiger partial charge in [-0.3, -0.25) is 0 Å². The maximum absolute atomic E-state index is 9.62. The van der Waals surface area contributed by atoms with Crippen molar-refractivity contribution in [2.75, 3.05) is 5.32 Å². The standard InChI is InChI=1S/C10H14ClNO/c1-2-8-10(11,13)12-9-6-4-3-5-7-9/h3-7,12-13H,2,8H2,1H3. The van der Waals surface area contributed by atoms with Crippen LogP contribution in [0.1, 0.15) is 19.8 Å². The molecule has 0 fully saturated rings. The molecule has 0 saturated carbocycles. The first kappa shape index (κ1) is 10.4. The molecule has 1 rings (SSSR count). The van der Waals surface area contributed by atoms with Crippen LogP contribution in [0.5, 0.6) is 0 Å². The second-order valence-corrected chi connectivity index (χ2v) is 3.63. The smallest absolute Gasteiger partial charge is 0.214 e. The Morgan fingerprint density at radius 2 is 2.00 bits per heavy atom. The topological polar surface area (TPSA) is 32.3 Å². The van der Waals surface area contributed by atoms with Gasteiger partial charge in [0, 0.05) is 12.1 Å². The van der Waals surface area contributed by atoms with Gasteiger partial charge in [-0.25, -0.2) is 0 Å². The van der Waals surface area contributed by atoms with Crippen LogP contribution in [0.3, 0.4) is 0 Å². The number of alkyl halides is 1. The Kier molecular flexibility index (Phi) is 3.58. The predicted molar refractivity (Wildman–Crippen MR) is 55.8 cm³/mol. The van der Waals surface area contributed by atoms with Crippen LogP contribution in [0.2, 0.25) is 0 Å². The summed E-state index contributed by atoms with van der Waals surface area (Å²) in [5, 5.41) is 11.1. The minimum Gasteiger partial charge on any atom is -0.358 e. The van der Waals surface area contributed by atoms with Gasteiger partial charge in [0.2, 0.25) is 5.18 Å². The number of benzene rings is 1. The number of nitrogens with one attached hydrogen (secondary N) is 1. The van der Waals surface area contributed by atoms with Gasteiger partial charge in [-0.15, -0.1) is 0 Å². The molecule has 0 radical (unpaired) electrons. The van der Waals surface area contributed by atoms with Crippen molar-refractivity contribution < 1.29 is 5.11 Å². The first-order valence-corrected chi connectivity index (χ1v) is 4.76. The maximum atomic E-state index is 9.62.